The highest BCUT2D eigenvalue weighted by Gasteiger charge is 2.16. The van der Waals surface area contributed by atoms with Crippen molar-refractivity contribution in [1.82, 2.24) is 4.90 Å². The molecule has 2 aromatic rings. The second-order valence-corrected chi connectivity index (χ2v) is 5.60. The van der Waals surface area contributed by atoms with Gasteiger partial charge in [-0.3, -0.25) is 9.59 Å². The summed E-state index contributed by atoms with van der Waals surface area (Å²) >= 11 is 0. The van der Waals surface area contributed by atoms with Gasteiger partial charge in [0.25, 0.3) is 0 Å². The Morgan fingerprint density at radius 1 is 1.04 bits per heavy atom. The number of para-hydroxylation sites is 1. The number of anilines is 1. The van der Waals surface area contributed by atoms with Crippen LogP contribution in [-0.2, 0) is 9.59 Å². The van der Waals surface area contributed by atoms with Crippen molar-refractivity contribution in [3.05, 3.63) is 54.6 Å². The molecule has 138 valence electrons. The average Bonchev–Trinajstić information content (AvgIpc) is 2.67. The minimum absolute atomic E-state index is 0.00210. The van der Waals surface area contributed by atoms with E-state index in [1.54, 1.807) is 31.4 Å². The molecule has 0 atom stereocenters. The first-order valence-electron chi connectivity index (χ1n) is 8.52. The number of amides is 2. The topological polar surface area (TPSA) is 67.9 Å². The molecule has 0 aliphatic carbocycles. The van der Waals surface area contributed by atoms with E-state index < -0.39 is 0 Å². The number of carbonyl (C=O) groups is 2. The quantitative estimate of drug-likeness (QED) is 0.750. The molecule has 0 unspecified atom stereocenters. The fraction of sp³-hybridized carbons (Fsp3) is 0.300. The number of hydrogen-bond acceptors (Lipinski definition) is 4. The third kappa shape index (κ3) is 6.12. The van der Waals surface area contributed by atoms with Crippen molar-refractivity contribution in [2.45, 2.75) is 13.3 Å². The van der Waals surface area contributed by atoms with Gasteiger partial charge in [-0.1, -0.05) is 24.3 Å². The lowest BCUT2D eigenvalue weighted by Gasteiger charge is -2.20. The van der Waals surface area contributed by atoms with Gasteiger partial charge >= 0.3 is 0 Å². The zero-order valence-corrected chi connectivity index (χ0v) is 15.1. The first kappa shape index (κ1) is 19.3. The summed E-state index contributed by atoms with van der Waals surface area (Å²) in [5, 5.41) is 2.77. The van der Waals surface area contributed by atoms with Crippen LogP contribution in [-0.4, -0.2) is 43.5 Å². The zero-order valence-electron chi connectivity index (χ0n) is 15.1. The molecule has 0 bridgehead atoms. The minimum Gasteiger partial charge on any atom is -0.497 e. The van der Waals surface area contributed by atoms with E-state index in [-0.39, 0.29) is 31.4 Å². The summed E-state index contributed by atoms with van der Waals surface area (Å²) in [6.45, 7) is 2.57. The first-order valence-corrected chi connectivity index (χ1v) is 8.52. The molecular weight excluding hydrogens is 332 g/mol. The van der Waals surface area contributed by atoms with E-state index in [0.717, 1.165) is 5.75 Å². The van der Waals surface area contributed by atoms with Gasteiger partial charge in [0.2, 0.25) is 11.8 Å². The molecule has 0 heterocycles. The maximum absolute atomic E-state index is 12.3. The predicted octanol–water partition coefficient (Wildman–Crippen LogP) is 2.95. The fourth-order valence-corrected chi connectivity index (χ4v) is 2.38. The van der Waals surface area contributed by atoms with Crippen LogP contribution in [0.25, 0.3) is 0 Å². The summed E-state index contributed by atoms with van der Waals surface area (Å²) in [4.78, 5) is 26.0. The highest BCUT2D eigenvalue weighted by atomic mass is 16.5. The smallest absolute Gasteiger partial charge is 0.243 e. The van der Waals surface area contributed by atoms with Crippen LogP contribution < -0.4 is 14.8 Å². The molecule has 0 radical (unpaired) electrons. The Morgan fingerprint density at radius 3 is 2.46 bits per heavy atom. The van der Waals surface area contributed by atoms with Crippen molar-refractivity contribution in [2.75, 3.05) is 32.1 Å². The van der Waals surface area contributed by atoms with Gasteiger partial charge in [-0.25, -0.2) is 0 Å². The Bertz CT molecular complexity index is 719. The summed E-state index contributed by atoms with van der Waals surface area (Å²) in [6, 6.07) is 16.4. The van der Waals surface area contributed by atoms with Crippen molar-refractivity contribution in [3.63, 3.8) is 0 Å². The lowest BCUT2D eigenvalue weighted by molar-refractivity contribution is -0.134. The molecule has 2 aromatic carbocycles. The lowest BCUT2D eigenvalue weighted by Crippen LogP contribution is -2.38. The molecule has 0 saturated carbocycles. The van der Waals surface area contributed by atoms with Crippen molar-refractivity contribution in [2.24, 2.45) is 0 Å². The summed E-state index contributed by atoms with van der Waals surface area (Å²) in [5.41, 5.74) is 0.630. The molecule has 26 heavy (non-hydrogen) atoms. The van der Waals surface area contributed by atoms with Crippen molar-refractivity contribution in [3.8, 4) is 11.5 Å². The molecule has 0 saturated heterocycles. The Morgan fingerprint density at radius 2 is 1.77 bits per heavy atom. The number of methoxy groups -OCH3 is 1. The summed E-state index contributed by atoms with van der Waals surface area (Å²) in [5.74, 6) is 1.00. The number of benzene rings is 2. The van der Waals surface area contributed by atoms with Crippen molar-refractivity contribution < 1.29 is 19.1 Å². The minimum atomic E-state index is -0.252. The molecular formula is C20H24N2O4. The van der Waals surface area contributed by atoms with Crippen LogP contribution in [0.5, 0.6) is 11.5 Å². The third-order valence-electron chi connectivity index (χ3n) is 3.75. The van der Waals surface area contributed by atoms with Crippen molar-refractivity contribution in [1.29, 1.82) is 0 Å². The molecule has 0 spiro atoms. The Balaban J connectivity index is 1.80. The number of nitrogens with one attached hydrogen (secondary N) is 1. The molecule has 0 aliphatic heterocycles. The number of nitrogens with zero attached hydrogens (tertiary/aromatic N) is 1. The first-order chi connectivity index (χ1) is 12.6. The molecule has 0 aromatic heterocycles. The average molecular weight is 356 g/mol. The van der Waals surface area contributed by atoms with Crippen LogP contribution in [0.2, 0.25) is 0 Å². The van der Waals surface area contributed by atoms with E-state index in [1.165, 1.54) is 4.90 Å². The van der Waals surface area contributed by atoms with E-state index in [4.69, 9.17) is 9.47 Å². The molecule has 2 rings (SSSR count). The van der Waals surface area contributed by atoms with Crippen molar-refractivity contribution >= 4 is 17.5 Å². The molecule has 2 amide bonds. The maximum Gasteiger partial charge on any atom is 0.243 e. The largest absolute Gasteiger partial charge is 0.497 e. The van der Waals surface area contributed by atoms with Crippen LogP contribution in [0.4, 0.5) is 5.69 Å². The Kier molecular flexibility index (Phi) is 7.49. The van der Waals surface area contributed by atoms with Gasteiger partial charge in [-0.15, -0.1) is 0 Å². The van der Waals surface area contributed by atoms with Crippen LogP contribution in [0.15, 0.2) is 54.6 Å². The van der Waals surface area contributed by atoms with Gasteiger partial charge in [-0.05, 0) is 31.2 Å². The van der Waals surface area contributed by atoms with Crippen LogP contribution in [0.1, 0.15) is 13.3 Å². The molecule has 6 nitrogen and oxygen atoms in total. The van der Waals surface area contributed by atoms with Crippen LogP contribution in [0.3, 0.4) is 0 Å². The van der Waals surface area contributed by atoms with Gasteiger partial charge in [-0.2, -0.15) is 0 Å². The van der Waals surface area contributed by atoms with Gasteiger partial charge < -0.3 is 19.7 Å². The lowest BCUT2D eigenvalue weighted by atomic mass is 10.3. The number of likely N-dealkylation sites (N-methyl/N-ethyl adjacent to an activating group) is 1. The van der Waals surface area contributed by atoms with E-state index in [9.17, 15) is 9.59 Å². The number of ether oxygens (including phenoxy) is 2. The standard InChI is InChI=1S/C20H24N2O4/c1-3-22(20(24)12-13-26-17-9-5-4-6-10-17)15-19(23)21-16-8-7-11-18(14-16)25-2/h4-11,14H,3,12-13,15H2,1-2H3,(H,21,23). The number of hydrogen-bond donors (Lipinski definition) is 1. The van der Waals surface area contributed by atoms with Gasteiger partial charge in [0.05, 0.1) is 26.7 Å². The van der Waals surface area contributed by atoms with E-state index in [0.29, 0.717) is 18.0 Å². The second kappa shape index (κ2) is 10.1. The van der Waals surface area contributed by atoms with E-state index >= 15 is 0 Å². The summed E-state index contributed by atoms with van der Waals surface area (Å²) in [7, 11) is 1.57. The van der Waals surface area contributed by atoms with Crippen LogP contribution in [0, 0.1) is 0 Å². The monoisotopic (exact) mass is 356 g/mol. The summed E-state index contributed by atoms with van der Waals surface area (Å²) in [6.07, 6.45) is 0.217. The van der Waals surface area contributed by atoms with E-state index in [2.05, 4.69) is 5.32 Å². The normalized spacial score (nSPS) is 10.1. The third-order valence-corrected chi connectivity index (χ3v) is 3.75. The highest BCUT2D eigenvalue weighted by Crippen LogP contribution is 2.16. The van der Waals surface area contributed by atoms with Gasteiger partial charge in [0.1, 0.15) is 11.5 Å². The molecule has 0 aliphatic rings. The Hall–Kier alpha value is -3.02. The maximum atomic E-state index is 12.3. The number of carbonyl (C=O) groups excluding carboxylic acids is 2. The summed E-state index contributed by atoms with van der Waals surface area (Å²) < 4.78 is 10.7. The van der Waals surface area contributed by atoms with Gasteiger partial charge in [0, 0.05) is 18.3 Å². The molecule has 6 heteroatoms. The zero-order chi connectivity index (χ0) is 18.8. The number of rotatable bonds is 9. The van der Waals surface area contributed by atoms with Crippen LogP contribution >= 0.6 is 0 Å². The SMILES string of the molecule is CCN(CC(=O)Nc1cccc(OC)c1)C(=O)CCOc1ccccc1. The molecule has 0 fully saturated rings. The predicted molar refractivity (Wildman–Crippen MR) is 100 cm³/mol. The van der Waals surface area contributed by atoms with E-state index in [1.807, 2.05) is 37.3 Å². The Labute approximate surface area is 153 Å². The molecule has 1 N–H and O–H groups in total. The van der Waals surface area contributed by atoms with Gasteiger partial charge in [0.15, 0.2) is 0 Å². The second-order valence-electron chi connectivity index (χ2n) is 5.60. The highest BCUT2D eigenvalue weighted by molar-refractivity contribution is 5.94. The fourth-order valence-electron chi connectivity index (χ4n) is 2.38.